The monoisotopic (exact) mass is 387 g/mol. The summed E-state index contributed by atoms with van der Waals surface area (Å²) in [6.07, 6.45) is 8.66. The van der Waals surface area contributed by atoms with Gasteiger partial charge in [-0.15, -0.1) is 10.2 Å². The molecule has 1 fully saturated rings. The van der Waals surface area contributed by atoms with E-state index in [1.54, 1.807) is 0 Å². The number of aryl methyl sites for hydroxylation is 3. The third-order valence-electron chi connectivity index (χ3n) is 5.07. The number of carbonyl (C=O) groups excluding carboxylic acids is 1. The van der Waals surface area contributed by atoms with Crippen molar-refractivity contribution in [2.24, 2.45) is 5.92 Å². The molecular formula is C20H29N5OS. The third-order valence-corrected chi connectivity index (χ3v) is 6.02. The molecule has 1 aliphatic rings. The van der Waals surface area contributed by atoms with Gasteiger partial charge in [-0.25, -0.2) is 4.68 Å². The van der Waals surface area contributed by atoms with Crippen LogP contribution in [-0.2, 0) is 11.2 Å². The number of carbonyl (C=O) groups is 1. The molecule has 1 aromatic heterocycles. The predicted molar refractivity (Wildman–Crippen MR) is 110 cm³/mol. The minimum atomic E-state index is -0.0724. The molecular weight excluding hydrogens is 358 g/mol. The fourth-order valence-corrected chi connectivity index (χ4v) is 4.43. The summed E-state index contributed by atoms with van der Waals surface area (Å²) in [6.45, 7) is 4.03. The smallest absolute Gasteiger partial charge is 0.234 e. The highest BCUT2D eigenvalue weighted by Gasteiger charge is 2.17. The van der Waals surface area contributed by atoms with E-state index in [2.05, 4.69) is 21.6 Å². The Balaban J connectivity index is 1.49. The molecule has 2 aromatic rings. The molecule has 0 atom stereocenters. The zero-order chi connectivity index (χ0) is 19.2. The number of thioether (sulfide) groups is 1. The first-order valence-electron chi connectivity index (χ1n) is 9.71. The van der Waals surface area contributed by atoms with Gasteiger partial charge >= 0.3 is 0 Å². The standard InChI is InChI=1S/C20H29N5OS/c1-14-10-15(2)12-17(11-14)22-19(26)13-27-20-24-23-18(25(20)21)9-8-16-6-4-3-5-7-16/h10-12,16H,3-9,13,21H2,1-2H3,(H,22,26). The van der Waals surface area contributed by atoms with Crippen molar-refractivity contribution in [1.29, 1.82) is 0 Å². The van der Waals surface area contributed by atoms with Gasteiger partial charge in [0.15, 0.2) is 5.82 Å². The van der Waals surface area contributed by atoms with Crippen molar-refractivity contribution >= 4 is 23.4 Å². The molecule has 1 amide bonds. The van der Waals surface area contributed by atoms with E-state index in [9.17, 15) is 4.79 Å². The van der Waals surface area contributed by atoms with Crippen LogP contribution in [0.3, 0.4) is 0 Å². The Morgan fingerprint density at radius 1 is 1.19 bits per heavy atom. The first-order valence-corrected chi connectivity index (χ1v) is 10.7. The van der Waals surface area contributed by atoms with Gasteiger partial charge in [-0.1, -0.05) is 49.9 Å². The molecule has 1 aromatic carbocycles. The maximum absolute atomic E-state index is 12.2. The van der Waals surface area contributed by atoms with Crippen LogP contribution in [0.1, 0.15) is 55.5 Å². The predicted octanol–water partition coefficient (Wildman–Crippen LogP) is 3.85. The summed E-state index contributed by atoms with van der Waals surface area (Å²) in [5.74, 6) is 7.91. The first kappa shape index (κ1) is 19.7. The molecule has 0 saturated heterocycles. The van der Waals surface area contributed by atoms with Gasteiger partial charge in [0.25, 0.3) is 0 Å². The number of hydrogen-bond donors (Lipinski definition) is 2. The molecule has 3 rings (SSSR count). The van der Waals surface area contributed by atoms with E-state index in [-0.39, 0.29) is 11.7 Å². The molecule has 146 valence electrons. The third kappa shape index (κ3) is 5.73. The molecule has 0 aliphatic heterocycles. The van der Waals surface area contributed by atoms with Crippen molar-refractivity contribution in [2.45, 2.75) is 63.9 Å². The topological polar surface area (TPSA) is 85.8 Å². The van der Waals surface area contributed by atoms with E-state index < -0.39 is 0 Å². The number of nitrogens with one attached hydrogen (secondary N) is 1. The van der Waals surface area contributed by atoms with Crippen molar-refractivity contribution in [2.75, 3.05) is 16.9 Å². The maximum Gasteiger partial charge on any atom is 0.234 e. The molecule has 1 saturated carbocycles. The molecule has 3 N–H and O–H groups in total. The Morgan fingerprint density at radius 3 is 2.59 bits per heavy atom. The Bertz CT molecular complexity index is 762. The normalized spacial score (nSPS) is 15.0. The summed E-state index contributed by atoms with van der Waals surface area (Å²) in [7, 11) is 0. The van der Waals surface area contributed by atoms with Crippen LogP contribution in [0.2, 0.25) is 0 Å². The zero-order valence-electron chi connectivity index (χ0n) is 16.2. The van der Waals surface area contributed by atoms with E-state index in [1.165, 1.54) is 48.5 Å². The Hall–Kier alpha value is -2.02. The van der Waals surface area contributed by atoms with Crippen molar-refractivity contribution in [3.05, 3.63) is 35.2 Å². The highest BCUT2D eigenvalue weighted by molar-refractivity contribution is 7.99. The minimum Gasteiger partial charge on any atom is -0.336 e. The number of nitrogens with zero attached hydrogens (tertiary/aromatic N) is 3. The number of anilines is 1. The van der Waals surface area contributed by atoms with Gasteiger partial charge < -0.3 is 11.2 Å². The summed E-state index contributed by atoms with van der Waals surface area (Å²) < 4.78 is 1.54. The molecule has 1 heterocycles. The van der Waals surface area contributed by atoms with E-state index >= 15 is 0 Å². The molecule has 1 aliphatic carbocycles. The van der Waals surface area contributed by atoms with Crippen LogP contribution in [0.15, 0.2) is 23.4 Å². The number of benzene rings is 1. The quantitative estimate of drug-likeness (QED) is 0.557. The van der Waals surface area contributed by atoms with E-state index in [0.29, 0.717) is 5.16 Å². The number of amides is 1. The van der Waals surface area contributed by atoms with Crippen LogP contribution in [0, 0.1) is 19.8 Å². The summed E-state index contributed by atoms with van der Waals surface area (Å²) in [4.78, 5) is 12.2. The average molecular weight is 388 g/mol. The largest absolute Gasteiger partial charge is 0.336 e. The molecule has 0 unspecified atom stereocenters. The summed E-state index contributed by atoms with van der Waals surface area (Å²) in [5.41, 5.74) is 3.07. The SMILES string of the molecule is Cc1cc(C)cc(NC(=O)CSc2nnc(CCC3CCCCC3)n2N)c1. The number of nitrogen functional groups attached to an aromatic ring is 1. The fourth-order valence-electron chi connectivity index (χ4n) is 3.76. The lowest BCUT2D eigenvalue weighted by atomic mass is 9.86. The molecule has 0 radical (unpaired) electrons. The van der Waals surface area contributed by atoms with E-state index in [0.717, 1.165) is 41.4 Å². The van der Waals surface area contributed by atoms with Gasteiger partial charge in [0.05, 0.1) is 5.75 Å². The van der Waals surface area contributed by atoms with Gasteiger partial charge in [0, 0.05) is 12.1 Å². The summed E-state index contributed by atoms with van der Waals surface area (Å²) in [5, 5.41) is 11.9. The molecule has 7 heteroatoms. The lowest BCUT2D eigenvalue weighted by molar-refractivity contribution is -0.113. The van der Waals surface area contributed by atoms with Gasteiger partial charge in [0.1, 0.15) is 0 Å². The fraction of sp³-hybridized carbons (Fsp3) is 0.550. The van der Waals surface area contributed by atoms with Crippen LogP contribution in [0.4, 0.5) is 5.69 Å². The number of rotatable bonds is 7. The van der Waals surface area contributed by atoms with Crippen molar-refractivity contribution < 1.29 is 4.79 Å². The number of aromatic nitrogens is 3. The molecule has 6 nitrogen and oxygen atoms in total. The van der Waals surface area contributed by atoms with Crippen LogP contribution >= 0.6 is 11.8 Å². The van der Waals surface area contributed by atoms with Crippen LogP contribution in [0.25, 0.3) is 0 Å². The highest BCUT2D eigenvalue weighted by atomic mass is 32.2. The molecule has 0 spiro atoms. The zero-order valence-corrected chi connectivity index (χ0v) is 17.0. The Labute approximate surface area is 165 Å². The lowest BCUT2D eigenvalue weighted by Crippen LogP contribution is -2.18. The molecule has 27 heavy (non-hydrogen) atoms. The van der Waals surface area contributed by atoms with Crippen LogP contribution in [-0.4, -0.2) is 26.5 Å². The Kier molecular flexibility index (Phi) is 6.77. The van der Waals surface area contributed by atoms with Crippen LogP contribution in [0.5, 0.6) is 0 Å². The summed E-state index contributed by atoms with van der Waals surface area (Å²) in [6, 6.07) is 6.00. The maximum atomic E-state index is 12.2. The average Bonchev–Trinajstić information content (AvgIpc) is 2.98. The Morgan fingerprint density at radius 2 is 1.89 bits per heavy atom. The van der Waals surface area contributed by atoms with Crippen molar-refractivity contribution in [3.63, 3.8) is 0 Å². The highest BCUT2D eigenvalue weighted by Crippen LogP contribution is 2.27. The van der Waals surface area contributed by atoms with Crippen molar-refractivity contribution in [3.8, 4) is 0 Å². The van der Waals surface area contributed by atoms with Gasteiger partial charge in [0.2, 0.25) is 11.1 Å². The minimum absolute atomic E-state index is 0.0724. The number of hydrogen-bond acceptors (Lipinski definition) is 5. The summed E-state index contributed by atoms with van der Waals surface area (Å²) >= 11 is 1.32. The second-order valence-corrected chi connectivity index (χ2v) is 8.47. The molecule has 0 bridgehead atoms. The van der Waals surface area contributed by atoms with Gasteiger partial charge in [-0.2, -0.15) is 0 Å². The second kappa shape index (κ2) is 9.26. The van der Waals surface area contributed by atoms with Crippen molar-refractivity contribution in [1.82, 2.24) is 14.9 Å². The van der Waals surface area contributed by atoms with E-state index in [1.807, 2.05) is 26.0 Å². The van der Waals surface area contributed by atoms with Crippen LogP contribution < -0.4 is 11.2 Å². The van der Waals surface area contributed by atoms with Gasteiger partial charge in [-0.05, 0) is 49.4 Å². The lowest BCUT2D eigenvalue weighted by Gasteiger charge is -2.20. The first-order chi connectivity index (χ1) is 13.0. The number of nitrogens with two attached hydrogens (primary N) is 1. The second-order valence-electron chi connectivity index (χ2n) is 7.52. The van der Waals surface area contributed by atoms with Gasteiger partial charge in [-0.3, -0.25) is 4.79 Å². The van der Waals surface area contributed by atoms with E-state index in [4.69, 9.17) is 5.84 Å².